The summed E-state index contributed by atoms with van der Waals surface area (Å²) >= 11 is 0. The van der Waals surface area contributed by atoms with Crippen molar-refractivity contribution in [3.8, 4) is 0 Å². The van der Waals surface area contributed by atoms with Gasteiger partial charge in [-0.3, -0.25) is 0 Å². The summed E-state index contributed by atoms with van der Waals surface area (Å²) in [6.45, 7) is 7.78. The summed E-state index contributed by atoms with van der Waals surface area (Å²) in [4.78, 5) is 0. The highest BCUT2D eigenvalue weighted by Crippen LogP contribution is 2.38. The zero-order chi connectivity index (χ0) is 15.7. The fraction of sp³-hybridized carbons (Fsp3) is 0.500. The smallest absolute Gasteiger partial charge is 0.400 e. The minimum atomic E-state index is -0.558. The number of hydrogen-bond donors (Lipinski definition) is 2. The second kappa shape index (κ2) is 5.93. The highest BCUT2D eigenvalue weighted by atomic mass is 16.7. The van der Waals surface area contributed by atoms with Crippen LogP contribution >= 0.6 is 0 Å². The van der Waals surface area contributed by atoms with Crippen molar-refractivity contribution in [2.75, 3.05) is 6.61 Å². The third-order valence-electron chi connectivity index (χ3n) is 4.22. The van der Waals surface area contributed by atoms with Crippen LogP contribution in [0, 0.1) is 0 Å². The second-order valence-electron chi connectivity index (χ2n) is 6.37. The van der Waals surface area contributed by atoms with Crippen LogP contribution in [0.15, 0.2) is 29.7 Å². The van der Waals surface area contributed by atoms with Gasteiger partial charge in [-0.1, -0.05) is 24.3 Å². The van der Waals surface area contributed by atoms with E-state index in [0.717, 1.165) is 11.1 Å². The molecule has 1 aromatic carbocycles. The fourth-order valence-corrected chi connectivity index (χ4v) is 2.18. The van der Waals surface area contributed by atoms with E-state index in [9.17, 15) is 10.2 Å². The molecule has 5 heteroatoms. The lowest BCUT2D eigenvalue weighted by atomic mass is 9.77. The quantitative estimate of drug-likeness (QED) is 0.835. The Morgan fingerprint density at radius 1 is 1.14 bits per heavy atom. The highest BCUT2D eigenvalue weighted by Gasteiger charge is 2.52. The molecule has 4 nitrogen and oxygen atoms in total. The van der Waals surface area contributed by atoms with Gasteiger partial charge in [-0.15, -0.1) is 0 Å². The molecule has 0 atom stereocenters. The molecule has 0 aromatic heterocycles. The van der Waals surface area contributed by atoms with Crippen LogP contribution in [-0.4, -0.2) is 35.1 Å². The van der Waals surface area contributed by atoms with Gasteiger partial charge in [0.05, 0.1) is 24.4 Å². The average molecular weight is 290 g/mol. The SMILES string of the molecule is CC1(C)OB(C(=Cc2cccc(CO)c2)CO)OC1(C)C. The minimum absolute atomic E-state index is 0.00731. The van der Waals surface area contributed by atoms with Gasteiger partial charge in [0, 0.05) is 0 Å². The molecule has 2 N–H and O–H groups in total. The van der Waals surface area contributed by atoms with Crippen molar-refractivity contribution in [3.63, 3.8) is 0 Å². The van der Waals surface area contributed by atoms with Crippen LogP contribution in [0.25, 0.3) is 6.08 Å². The van der Waals surface area contributed by atoms with E-state index in [2.05, 4.69) is 0 Å². The number of rotatable bonds is 4. The van der Waals surface area contributed by atoms with Crippen LogP contribution in [0.3, 0.4) is 0 Å². The topological polar surface area (TPSA) is 58.9 Å². The lowest BCUT2D eigenvalue weighted by Gasteiger charge is -2.32. The molecule has 0 saturated carbocycles. The van der Waals surface area contributed by atoms with Gasteiger partial charge in [0.2, 0.25) is 0 Å². The van der Waals surface area contributed by atoms with E-state index in [0.29, 0.717) is 5.47 Å². The maximum absolute atomic E-state index is 9.64. The molecule has 1 aliphatic rings. The van der Waals surface area contributed by atoms with E-state index < -0.39 is 18.3 Å². The first-order valence-corrected chi connectivity index (χ1v) is 7.16. The van der Waals surface area contributed by atoms with Gasteiger partial charge in [-0.05, 0) is 50.4 Å². The first-order chi connectivity index (χ1) is 9.79. The molecule has 0 amide bonds. The van der Waals surface area contributed by atoms with Crippen molar-refractivity contribution in [2.24, 2.45) is 0 Å². The Balaban J connectivity index is 2.26. The van der Waals surface area contributed by atoms with Gasteiger partial charge in [-0.2, -0.15) is 0 Å². The van der Waals surface area contributed by atoms with Crippen LogP contribution in [-0.2, 0) is 15.9 Å². The first kappa shape index (κ1) is 16.2. The molecule has 2 rings (SSSR count). The first-order valence-electron chi connectivity index (χ1n) is 7.16. The van der Waals surface area contributed by atoms with Gasteiger partial charge in [0.1, 0.15) is 0 Å². The largest absolute Gasteiger partial charge is 0.492 e. The minimum Gasteiger partial charge on any atom is -0.400 e. The summed E-state index contributed by atoms with van der Waals surface area (Å²) in [5.74, 6) is 0. The van der Waals surface area contributed by atoms with E-state index in [1.54, 1.807) is 0 Å². The van der Waals surface area contributed by atoms with Crippen molar-refractivity contribution in [1.29, 1.82) is 0 Å². The van der Waals surface area contributed by atoms with E-state index in [1.165, 1.54) is 0 Å². The molecular weight excluding hydrogens is 267 g/mol. The molecule has 1 aliphatic heterocycles. The van der Waals surface area contributed by atoms with Gasteiger partial charge in [-0.25, -0.2) is 0 Å². The van der Waals surface area contributed by atoms with Gasteiger partial charge in [0.15, 0.2) is 0 Å². The standard InChI is InChI=1S/C16H23BO4/c1-15(2)16(3,4)21-17(20-15)14(11-19)9-12-6-5-7-13(8-12)10-18/h5-9,18-19H,10-11H2,1-4H3. The Labute approximate surface area is 126 Å². The summed E-state index contributed by atoms with van der Waals surface area (Å²) in [6, 6.07) is 7.52. The van der Waals surface area contributed by atoms with Crippen LogP contribution in [0.5, 0.6) is 0 Å². The predicted molar refractivity (Wildman–Crippen MR) is 83.5 cm³/mol. The molecule has 0 unspecified atom stereocenters. The van der Waals surface area contributed by atoms with Crippen molar-refractivity contribution in [3.05, 3.63) is 40.9 Å². The normalized spacial score (nSPS) is 20.9. The molecule has 0 aliphatic carbocycles. The van der Waals surface area contributed by atoms with E-state index in [-0.39, 0.29) is 13.2 Å². The van der Waals surface area contributed by atoms with Crippen molar-refractivity contribution < 1.29 is 19.5 Å². The summed E-state index contributed by atoms with van der Waals surface area (Å²) in [5, 5.41) is 18.8. The van der Waals surface area contributed by atoms with Crippen LogP contribution in [0.1, 0.15) is 38.8 Å². The molecule has 1 aromatic rings. The second-order valence-corrected chi connectivity index (χ2v) is 6.37. The lowest BCUT2D eigenvalue weighted by molar-refractivity contribution is 0.00578. The zero-order valence-electron chi connectivity index (χ0n) is 13.1. The predicted octanol–water partition coefficient (Wildman–Crippen LogP) is 2.19. The number of aliphatic hydroxyl groups excluding tert-OH is 2. The van der Waals surface area contributed by atoms with Gasteiger partial charge >= 0.3 is 7.12 Å². The van der Waals surface area contributed by atoms with Crippen molar-refractivity contribution in [2.45, 2.75) is 45.5 Å². The third kappa shape index (κ3) is 3.38. The van der Waals surface area contributed by atoms with Gasteiger partial charge in [0.25, 0.3) is 0 Å². The van der Waals surface area contributed by atoms with Crippen molar-refractivity contribution in [1.82, 2.24) is 0 Å². The maximum Gasteiger partial charge on any atom is 0.492 e. The summed E-state index contributed by atoms with van der Waals surface area (Å²) in [7, 11) is -0.558. The van der Waals surface area contributed by atoms with Gasteiger partial charge < -0.3 is 19.5 Å². The summed E-state index contributed by atoms with van der Waals surface area (Å²) in [5.41, 5.74) is 1.54. The van der Waals surface area contributed by atoms with Crippen molar-refractivity contribution >= 4 is 13.2 Å². The third-order valence-corrected chi connectivity index (χ3v) is 4.22. The Hall–Kier alpha value is -1.14. The Kier molecular flexibility index (Phi) is 4.59. The number of hydrogen-bond acceptors (Lipinski definition) is 4. The fourth-order valence-electron chi connectivity index (χ4n) is 2.18. The molecule has 0 bridgehead atoms. The van der Waals surface area contributed by atoms with Crippen LogP contribution in [0.2, 0.25) is 0 Å². The summed E-state index contributed by atoms with van der Waals surface area (Å²) in [6.07, 6.45) is 1.85. The lowest BCUT2D eigenvalue weighted by Crippen LogP contribution is -2.41. The Morgan fingerprint density at radius 3 is 2.29 bits per heavy atom. The van der Waals surface area contributed by atoms with Crippen LogP contribution < -0.4 is 0 Å². The Morgan fingerprint density at radius 2 is 1.76 bits per heavy atom. The highest BCUT2D eigenvalue weighted by molar-refractivity contribution is 6.55. The molecular formula is C16H23BO4. The van der Waals surface area contributed by atoms with E-state index in [1.807, 2.05) is 58.0 Å². The summed E-state index contributed by atoms with van der Waals surface area (Å²) < 4.78 is 11.9. The molecule has 0 radical (unpaired) electrons. The van der Waals surface area contributed by atoms with E-state index >= 15 is 0 Å². The maximum atomic E-state index is 9.64. The van der Waals surface area contributed by atoms with E-state index in [4.69, 9.17) is 9.31 Å². The zero-order valence-corrected chi connectivity index (χ0v) is 13.1. The number of benzene rings is 1. The molecule has 21 heavy (non-hydrogen) atoms. The van der Waals surface area contributed by atoms with Crippen LogP contribution in [0.4, 0.5) is 0 Å². The molecule has 1 saturated heterocycles. The Bertz CT molecular complexity index is 521. The molecule has 1 heterocycles. The monoisotopic (exact) mass is 290 g/mol. The molecule has 114 valence electrons. The molecule has 1 fully saturated rings. The average Bonchev–Trinajstić information content (AvgIpc) is 2.65. The number of aliphatic hydroxyl groups is 2. The molecule has 0 spiro atoms.